The molecule has 8 heteroatoms. The van der Waals surface area contributed by atoms with Crippen molar-refractivity contribution in [2.45, 2.75) is 26.8 Å². The zero-order chi connectivity index (χ0) is 20.1. The molecule has 0 radical (unpaired) electrons. The van der Waals surface area contributed by atoms with Gasteiger partial charge in [0.05, 0.1) is 18.7 Å². The standard InChI is InChI=1S/C20H23N3O5/c1-13-5-6-16(8-14(13)2)28-12-18(24)21-22-20(26)15-9-19(25)23(10-15)11-17-4-3-7-27-17/h3-8,15H,9-12H2,1-2H3,(H,21,24)(H,22,26). The van der Waals surface area contributed by atoms with Crippen LogP contribution in [0.15, 0.2) is 41.0 Å². The number of nitrogens with zero attached hydrogens (tertiary/aromatic N) is 1. The number of hydrogen-bond acceptors (Lipinski definition) is 5. The number of amides is 3. The number of hydrogen-bond donors (Lipinski definition) is 2. The van der Waals surface area contributed by atoms with E-state index in [1.165, 1.54) is 6.26 Å². The van der Waals surface area contributed by atoms with Gasteiger partial charge in [-0.3, -0.25) is 25.2 Å². The minimum atomic E-state index is -0.525. The summed E-state index contributed by atoms with van der Waals surface area (Å²) in [6.07, 6.45) is 1.64. The van der Waals surface area contributed by atoms with Gasteiger partial charge in [-0.25, -0.2) is 0 Å². The minimum absolute atomic E-state index is 0.0988. The number of likely N-dealkylation sites (tertiary alicyclic amines) is 1. The van der Waals surface area contributed by atoms with Crippen LogP contribution < -0.4 is 15.6 Å². The van der Waals surface area contributed by atoms with E-state index in [0.717, 1.165) is 11.1 Å². The molecule has 2 aromatic rings. The minimum Gasteiger partial charge on any atom is -0.484 e. The lowest BCUT2D eigenvalue weighted by Crippen LogP contribution is -2.46. The van der Waals surface area contributed by atoms with Crippen LogP contribution in [0.4, 0.5) is 0 Å². The molecule has 1 atom stereocenters. The number of carbonyl (C=O) groups is 3. The lowest BCUT2D eigenvalue weighted by Gasteiger charge is -2.15. The van der Waals surface area contributed by atoms with Crippen LogP contribution in [0.2, 0.25) is 0 Å². The summed E-state index contributed by atoms with van der Waals surface area (Å²) in [4.78, 5) is 37.7. The molecular formula is C20H23N3O5. The van der Waals surface area contributed by atoms with Gasteiger partial charge in [0, 0.05) is 13.0 Å². The zero-order valence-corrected chi connectivity index (χ0v) is 15.9. The van der Waals surface area contributed by atoms with Crippen molar-refractivity contribution in [1.29, 1.82) is 0 Å². The molecule has 2 heterocycles. The summed E-state index contributed by atoms with van der Waals surface area (Å²) in [7, 11) is 0. The molecule has 2 N–H and O–H groups in total. The maximum atomic E-state index is 12.2. The van der Waals surface area contributed by atoms with E-state index in [4.69, 9.17) is 9.15 Å². The Labute approximate surface area is 162 Å². The van der Waals surface area contributed by atoms with E-state index in [1.54, 1.807) is 23.1 Å². The Bertz CT molecular complexity index is 863. The van der Waals surface area contributed by atoms with E-state index in [2.05, 4.69) is 10.9 Å². The highest BCUT2D eigenvalue weighted by atomic mass is 16.5. The number of furan rings is 1. The molecule has 0 saturated carbocycles. The summed E-state index contributed by atoms with van der Waals surface area (Å²) in [5, 5.41) is 0. The van der Waals surface area contributed by atoms with Gasteiger partial charge >= 0.3 is 0 Å². The lowest BCUT2D eigenvalue weighted by molar-refractivity contribution is -0.132. The molecule has 1 aromatic carbocycles. The second kappa shape index (κ2) is 8.60. The SMILES string of the molecule is Cc1ccc(OCC(=O)NNC(=O)C2CC(=O)N(Cc3ccco3)C2)cc1C. The predicted molar refractivity (Wildman–Crippen MR) is 99.9 cm³/mol. The van der Waals surface area contributed by atoms with Crippen LogP contribution >= 0.6 is 0 Å². The first kappa shape index (κ1) is 19.5. The first-order valence-corrected chi connectivity index (χ1v) is 9.01. The van der Waals surface area contributed by atoms with Gasteiger partial charge in [-0.1, -0.05) is 6.07 Å². The largest absolute Gasteiger partial charge is 0.484 e. The summed E-state index contributed by atoms with van der Waals surface area (Å²) in [5.74, 6) is -0.298. The van der Waals surface area contributed by atoms with Crippen molar-refractivity contribution in [3.05, 3.63) is 53.5 Å². The molecule has 1 aliphatic heterocycles. The second-order valence-electron chi connectivity index (χ2n) is 6.83. The van der Waals surface area contributed by atoms with Gasteiger partial charge in [0.2, 0.25) is 11.8 Å². The quantitative estimate of drug-likeness (QED) is 0.734. The summed E-state index contributed by atoms with van der Waals surface area (Å²) in [5.41, 5.74) is 6.88. The van der Waals surface area contributed by atoms with Crippen molar-refractivity contribution < 1.29 is 23.5 Å². The second-order valence-corrected chi connectivity index (χ2v) is 6.83. The summed E-state index contributed by atoms with van der Waals surface area (Å²) in [6, 6.07) is 9.06. The molecule has 28 heavy (non-hydrogen) atoms. The number of ether oxygens (including phenoxy) is 1. The fraction of sp³-hybridized carbons (Fsp3) is 0.350. The van der Waals surface area contributed by atoms with E-state index in [9.17, 15) is 14.4 Å². The van der Waals surface area contributed by atoms with E-state index >= 15 is 0 Å². The summed E-state index contributed by atoms with van der Waals surface area (Å²) < 4.78 is 10.6. The smallest absolute Gasteiger partial charge is 0.276 e. The molecular weight excluding hydrogens is 362 g/mol. The highest BCUT2D eigenvalue weighted by molar-refractivity contribution is 5.90. The van der Waals surface area contributed by atoms with E-state index in [0.29, 0.717) is 18.1 Å². The van der Waals surface area contributed by atoms with E-state index in [-0.39, 0.29) is 25.5 Å². The molecule has 3 rings (SSSR count). The molecule has 148 valence electrons. The Kier molecular flexibility index (Phi) is 5.98. The van der Waals surface area contributed by atoms with Crippen molar-refractivity contribution >= 4 is 17.7 Å². The van der Waals surface area contributed by atoms with Crippen LogP contribution in [0, 0.1) is 19.8 Å². The number of hydrazine groups is 1. The molecule has 1 saturated heterocycles. The third-order valence-electron chi connectivity index (χ3n) is 4.69. The van der Waals surface area contributed by atoms with Gasteiger partial charge in [0.1, 0.15) is 11.5 Å². The molecule has 1 fully saturated rings. The average molecular weight is 385 g/mol. The van der Waals surface area contributed by atoms with E-state index < -0.39 is 17.7 Å². The van der Waals surface area contributed by atoms with Crippen LogP contribution in [0.5, 0.6) is 5.75 Å². The maximum Gasteiger partial charge on any atom is 0.276 e. The van der Waals surface area contributed by atoms with Crippen molar-refractivity contribution in [2.75, 3.05) is 13.2 Å². The van der Waals surface area contributed by atoms with Crippen LogP contribution in [0.25, 0.3) is 0 Å². The van der Waals surface area contributed by atoms with Gasteiger partial charge in [0.15, 0.2) is 6.61 Å². The highest BCUT2D eigenvalue weighted by Gasteiger charge is 2.34. The highest BCUT2D eigenvalue weighted by Crippen LogP contribution is 2.20. The summed E-state index contributed by atoms with van der Waals surface area (Å²) >= 11 is 0. The maximum absolute atomic E-state index is 12.2. The number of carbonyl (C=O) groups excluding carboxylic acids is 3. The Morgan fingerprint density at radius 3 is 2.75 bits per heavy atom. The fourth-order valence-corrected chi connectivity index (χ4v) is 2.91. The Hall–Kier alpha value is -3.29. The molecule has 1 aromatic heterocycles. The van der Waals surface area contributed by atoms with Crippen LogP contribution in [-0.2, 0) is 20.9 Å². The van der Waals surface area contributed by atoms with Crippen molar-refractivity contribution in [3.8, 4) is 5.75 Å². The van der Waals surface area contributed by atoms with Crippen molar-refractivity contribution in [2.24, 2.45) is 5.92 Å². The monoisotopic (exact) mass is 385 g/mol. The predicted octanol–water partition coefficient (Wildman–Crippen LogP) is 1.47. The van der Waals surface area contributed by atoms with Gasteiger partial charge < -0.3 is 14.1 Å². The summed E-state index contributed by atoms with van der Waals surface area (Å²) in [6.45, 7) is 4.33. The molecule has 1 aliphatic rings. The molecule has 8 nitrogen and oxygen atoms in total. The zero-order valence-electron chi connectivity index (χ0n) is 15.9. The Morgan fingerprint density at radius 2 is 2.04 bits per heavy atom. The fourth-order valence-electron chi connectivity index (χ4n) is 2.91. The third-order valence-corrected chi connectivity index (χ3v) is 4.69. The van der Waals surface area contributed by atoms with Gasteiger partial charge in [-0.05, 0) is 49.2 Å². The number of benzene rings is 1. The normalized spacial score (nSPS) is 16.1. The third kappa shape index (κ3) is 4.91. The topological polar surface area (TPSA) is 101 Å². The van der Waals surface area contributed by atoms with Crippen LogP contribution in [-0.4, -0.2) is 35.8 Å². The Balaban J connectivity index is 1.41. The molecule has 0 aliphatic carbocycles. The first-order valence-electron chi connectivity index (χ1n) is 9.01. The van der Waals surface area contributed by atoms with Gasteiger partial charge in [-0.15, -0.1) is 0 Å². The molecule has 3 amide bonds. The van der Waals surface area contributed by atoms with E-state index in [1.807, 2.05) is 26.0 Å². The average Bonchev–Trinajstić information content (AvgIpc) is 3.31. The van der Waals surface area contributed by atoms with Gasteiger partial charge in [-0.2, -0.15) is 0 Å². The lowest BCUT2D eigenvalue weighted by atomic mass is 10.1. The number of rotatable bonds is 6. The van der Waals surface area contributed by atoms with Crippen molar-refractivity contribution in [1.82, 2.24) is 15.8 Å². The Morgan fingerprint density at radius 1 is 1.21 bits per heavy atom. The van der Waals surface area contributed by atoms with Crippen molar-refractivity contribution in [3.63, 3.8) is 0 Å². The van der Waals surface area contributed by atoms with Gasteiger partial charge in [0.25, 0.3) is 5.91 Å². The molecule has 1 unspecified atom stereocenters. The van der Waals surface area contributed by atoms with Crippen LogP contribution in [0.1, 0.15) is 23.3 Å². The first-order chi connectivity index (χ1) is 13.4. The molecule has 0 bridgehead atoms. The number of aryl methyl sites for hydroxylation is 2. The van der Waals surface area contributed by atoms with Crippen LogP contribution in [0.3, 0.4) is 0 Å². The molecule has 0 spiro atoms. The number of nitrogens with one attached hydrogen (secondary N) is 2.